The van der Waals surface area contributed by atoms with Crippen molar-refractivity contribution in [2.24, 2.45) is 0 Å². The Balaban J connectivity index is 1.40. The van der Waals surface area contributed by atoms with Crippen molar-refractivity contribution >= 4 is 40.2 Å². The molecule has 1 saturated heterocycles. The second-order valence-corrected chi connectivity index (χ2v) is 10.0. The van der Waals surface area contributed by atoms with E-state index < -0.39 is 0 Å². The van der Waals surface area contributed by atoms with Gasteiger partial charge in [-0.2, -0.15) is 0 Å². The lowest BCUT2D eigenvalue weighted by molar-refractivity contribution is 0.0765. The van der Waals surface area contributed by atoms with Crippen molar-refractivity contribution in [1.29, 1.82) is 0 Å². The van der Waals surface area contributed by atoms with Gasteiger partial charge in [0, 0.05) is 32.7 Å². The molecule has 0 bridgehead atoms. The molecule has 3 aromatic rings. The van der Waals surface area contributed by atoms with Gasteiger partial charge in [-0.25, -0.2) is 4.98 Å². The predicted octanol–water partition coefficient (Wildman–Crippen LogP) is 5.19. The standard InChI is InChI=1S/C22H24ClN3O2S2/c1-15-20(30-21(24-15)18-8-9-19(23)29-18)22(27)26-11-3-10-25(12-13-26)14-16-4-6-17(28-2)7-5-16/h4-9H,3,10-14H2,1-2H3. The lowest BCUT2D eigenvalue weighted by atomic mass is 10.2. The highest BCUT2D eigenvalue weighted by Crippen LogP contribution is 2.35. The summed E-state index contributed by atoms with van der Waals surface area (Å²) in [4.78, 5) is 23.9. The summed E-state index contributed by atoms with van der Waals surface area (Å²) in [6.45, 7) is 6.15. The van der Waals surface area contributed by atoms with Crippen LogP contribution in [0.4, 0.5) is 0 Å². The maximum atomic E-state index is 13.2. The van der Waals surface area contributed by atoms with Crippen molar-refractivity contribution in [3.8, 4) is 15.6 Å². The SMILES string of the molecule is COc1ccc(CN2CCCN(C(=O)c3sc(-c4ccc(Cl)s4)nc3C)CC2)cc1. The minimum absolute atomic E-state index is 0.0881. The van der Waals surface area contributed by atoms with E-state index in [9.17, 15) is 4.79 Å². The third-order valence-corrected chi connectivity index (χ3v) is 7.76. The van der Waals surface area contributed by atoms with E-state index in [-0.39, 0.29) is 5.91 Å². The van der Waals surface area contributed by atoms with Crippen molar-refractivity contribution in [1.82, 2.24) is 14.8 Å². The highest BCUT2D eigenvalue weighted by Gasteiger charge is 2.24. The summed E-state index contributed by atoms with van der Waals surface area (Å²) in [7, 11) is 1.68. The van der Waals surface area contributed by atoms with Crippen LogP contribution in [-0.4, -0.2) is 54.0 Å². The van der Waals surface area contributed by atoms with E-state index in [0.717, 1.165) is 69.7 Å². The van der Waals surface area contributed by atoms with Crippen molar-refractivity contribution < 1.29 is 9.53 Å². The van der Waals surface area contributed by atoms with E-state index in [1.54, 1.807) is 7.11 Å². The molecule has 30 heavy (non-hydrogen) atoms. The second-order valence-electron chi connectivity index (χ2n) is 7.31. The number of rotatable bonds is 5. The Morgan fingerprint density at radius 2 is 1.90 bits per heavy atom. The van der Waals surface area contributed by atoms with Gasteiger partial charge < -0.3 is 9.64 Å². The number of thiophene rings is 1. The molecule has 0 aliphatic carbocycles. The van der Waals surface area contributed by atoms with Gasteiger partial charge in [-0.15, -0.1) is 22.7 Å². The Bertz CT molecular complexity index is 1020. The minimum atomic E-state index is 0.0881. The minimum Gasteiger partial charge on any atom is -0.497 e. The number of hydrogen-bond acceptors (Lipinski definition) is 6. The number of carbonyl (C=O) groups excluding carboxylic acids is 1. The van der Waals surface area contributed by atoms with Crippen LogP contribution in [0.2, 0.25) is 4.34 Å². The molecule has 0 N–H and O–H groups in total. The van der Waals surface area contributed by atoms with Gasteiger partial charge in [0.2, 0.25) is 0 Å². The van der Waals surface area contributed by atoms with Crippen LogP contribution in [0.5, 0.6) is 5.75 Å². The molecule has 158 valence electrons. The van der Waals surface area contributed by atoms with Crippen molar-refractivity contribution in [3.05, 3.63) is 56.9 Å². The zero-order chi connectivity index (χ0) is 21.1. The summed E-state index contributed by atoms with van der Waals surface area (Å²) in [5.41, 5.74) is 2.05. The smallest absolute Gasteiger partial charge is 0.265 e. The number of thiazole rings is 1. The van der Waals surface area contributed by atoms with Crippen LogP contribution >= 0.6 is 34.3 Å². The largest absolute Gasteiger partial charge is 0.497 e. The maximum absolute atomic E-state index is 13.2. The average Bonchev–Trinajstić information content (AvgIpc) is 3.27. The predicted molar refractivity (Wildman–Crippen MR) is 124 cm³/mol. The molecule has 1 amide bonds. The zero-order valence-electron chi connectivity index (χ0n) is 17.1. The van der Waals surface area contributed by atoms with Gasteiger partial charge in [0.05, 0.1) is 22.0 Å². The number of amides is 1. The lowest BCUT2D eigenvalue weighted by Gasteiger charge is -2.22. The third-order valence-electron chi connectivity index (χ3n) is 5.22. The Labute approximate surface area is 189 Å². The first-order valence-corrected chi connectivity index (χ1v) is 11.9. The van der Waals surface area contributed by atoms with Gasteiger partial charge in [-0.3, -0.25) is 9.69 Å². The number of aromatic nitrogens is 1. The van der Waals surface area contributed by atoms with Gasteiger partial charge in [-0.1, -0.05) is 23.7 Å². The van der Waals surface area contributed by atoms with Crippen molar-refractivity contribution in [3.63, 3.8) is 0 Å². The topological polar surface area (TPSA) is 45.7 Å². The average molecular weight is 462 g/mol. The van der Waals surface area contributed by atoms with Crippen LogP contribution < -0.4 is 4.74 Å². The second kappa shape index (κ2) is 9.47. The molecule has 4 rings (SSSR count). The number of ether oxygens (including phenoxy) is 1. The fourth-order valence-electron chi connectivity index (χ4n) is 3.59. The monoisotopic (exact) mass is 461 g/mol. The highest BCUT2D eigenvalue weighted by atomic mass is 35.5. The quantitative estimate of drug-likeness (QED) is 0.524. The molecule has 1 aromatic carbocycles. The molecule has 0 unspecified atom stereocenters. The van der Waals surface area contributed by atoms with Crippen LogP contribution in [-0.2, 0) is 6.54 Å². The summed E-state index contributed by atoms with van der Waals surface area (Å²) in [5.74, 6) is 0.959. The molecule has 5 nitrogen and oxygen atoms in total. The summed E-state index contributed by atoms with van der Waals surface area (Å²) in [6.07, 6.45) is 0.965. The summed E-state index contributed by atoms with van der Waals surface area (Å²) in [5, 5.41) is 0.865. The van der Waals surface area contributed by atoms with Gasteiger partial charge in [0.25, 0.3) is 5.91 Å². The molecule has 1 aliphatic rings. The fraction of sp³-hybridized carbons (Fsp3) is 0.364. The molecule has 0 saturated carbocycles. The molecule has 0 radical (unpaired) electrons. The van der Waals surface area contributed by atoms with E-state index in [0.29, 0.717) is 0 Å². The highest BCUT2D eigenvalue weighted by molar-refractivity contribution is 7.24. The van der Waals surface area contributed by atoms with Crippen LogP contribution in [0.3, 0.4) is 0 Å². The third kappa shape index (κ3) is 4.86. The van der Waals surface area contributed by atoms with E-state index >= 15 is 0 Å². The number of nitrogens with zero attached hydrogens (tertiary/aromatic N) is 3. The Kier molecular flexibility index (Phi) is 6.73. The normalized spacial score (nSPS) is 15.2. The number of halogens is 1. The fourth-order valence-corrected chi connectivity index (χ4v) is 5.73. The van der Waals surface area contributed by atoms with Crippen molar-refractivity contribution in [2.75, 3.05) is 33.3 Å². The zero-order valence-corrected chi connectivity index (χ0v) is 19.4. The molecule has 2 aromatic heterocycles. The van der Waals surface area contributed by atoms with E-state index in [1.807, 2.05) is 36.1 Å². The molecule has 1 fully saturated rings. The Morgan fingerprint density at radius 1 is 1.10 bits per heavy atom. The molecular weight excluding hydrogens is 438 g/mol. The molecular formula is C22H24ClN3O2S2. The van der Waals surface area contributed by atoms with Crippen molar-refractivity contribution in [2.45, 2.75) is 19.9 Å². The summed E-state index contributed by atoms with van der Waals surface area (Å²) in [6, 6.07) is 12.0. The lowest BCUT2D eigenvalue weighted by Crippen LogP contribution is -2.35. The first kappa shape index (κ1) is 21.3. The van der Waals surface area contributed by atoms with Crippen LogP contribution in [0, 0.1) is 6.92 Å². The van der Waals surface area contributed by atoms with E-state index in [1.165, 1.54) is 28.2 Å². The van der Waals surface area contributed by atoms with Crippen LogP contribution in [0.1, 0.15) is 27.3 Å². The number of benzene rings is 1. The Morgan fingerprint density at radius 3 is 2.60 bits per heavy atom. The maximum Gasteiger partial charge on any atom is 0.265 e. The number of carbonyl (C=O) groups is 1. The first-order valence-electron chi connectivity index (χ1n) is 9.91. The van der Waals surface area contributed by atoms with Crippen LogP contribution in [0.25, 0.3) is 9.88 Å². The number of aryl methyl sites for hydroxylation is 1. The molecule has 0 atom stereocenters. The Hall–Kier alpha value is -1.93. The summed E-state index contributed by atoms with van der Waals surface area (Å²) >= 11 is 9.01. The molecule has 8 heteroatoms. The number of methoxy groups -OCH3 is 1. The summed E-state index contributed by atoms with van der Waals surface area (Å²) < 4.78 is 5.97. The first-order chi connectivity index (χ1) is 14.5. The van der Waals surface area contributed by atoms with Gasteiger partial charge in [0.15, 0.2) is 0 Å². The van der Waals surface area contributed by atoms with Crippen LogP contribution in [0.15, 0.2) is 36.4 Å². The van der Waals surface area contributed by atoms with E-state index in [2.05, 4.69) is 22.0 Å². The molecule has 3 heterocycles. The van der Waals surface area contributed by atoms with E-state index in [4.69, 9.17) is 16.3 Å². The molecule has 0 spiro atoms. The molecule has 1 aliphatic heterocycles. The number of hydrogen-bond donors (Lipinski definition) is 0. The van der Waals surface area contributed by atoms with Gasteiger partial charge in [-0.05, 0) is 43.2 Å². The van der Waals surface area contributed by atoms with Gasteiger partial charge in [0.1, 0.15) is 15.6 Å². The van der Waals surface area contributed by atoms with Gasteiger partial charge >= 0.3 is 0 Å².